The quantitative estimate of drug-likeness (QED) is 0.323. The summed E-state index contributed by atoms with van der Waals surface area (Å²) in [4.78, 5) is 32.3. The number of esters is 1. The zero-order chi connectivity index (χ0) is 28.3. The molecule has 0 saturated carbocycles. The van der Waals surface area contributed by atoms with Gasteiger partial charge in [0.25, 0.3) is 5.56 Å². The summed E-state index contributed by atoms with van der Waals surface area (Å²) >= 11 is 4.81. The number of ether oxygens (including phenoxy) is 4. The van der Waals surface area contributed by atoms with Gasteiger partial charge in [0.15, 0.2) is 16.3 Å². The summed E-state index contributed by atoms with van der Waals surface area (Å²) in [7, 11) is 1.57. The number of methoxy groups -OCH3 is 1. The summed E-state index contributed by atoms with van der Waals surface area (Å²) in [5.41, 5.74) is 2.08. The highest BCUT2D eigenvalue weighted by Gasteiger charge is 2.33. The minimum Gasteiger partial charge on any atom is -0.494 e. The second-order valence-corrected chi connectivity index (χ2v) is 10.9. The molecule has 10 heteroatoms. The van der Waals surface area contributed by atoms with Gasteiger partial charge in [-0.05, 0) is 92.0 Å². The van der Waals surface area contributed by atoms with Crippen LogP contribution in [0, 0.1) is 0 Å². The van der Waals surface area contributed by atoms with Crippen LogP contribution >= 0.6 is 27.3 Å². The molecule has 0 aliphatic carbocycles. The molecule has 0 saturated heterocycles. The fraction of sp³-hybridized carbons (Fsp3) is 0.345. The van der Waals surface area contributed by atoms with Gasteiger partial charge in [-0.3, -0.25) is 9.36 Å². The summed E-state index contributed by atoms with van der Waals surface area (Å²) in [6, 6.07) is 10.4. The average Bonchev–Trinajstić information content (AvgIpc) is 3.19. The first kappa shape index (κ1) is 28.6. The number of hydrogen-bond donors (Lipinski definition) is 0. The van der Waals surface area contributed by atoms with Crippen molar-refractivity contribution < 1.29 is 23.7 Å². The van der Waals surface area contributed by atoms with Gasteiger partial charge in [-0.25, -0.2) is 9.79 Å². The van der Waals surface area contributed by atoms with E-state index in [2.05, 4.69) is 20.9 Å². The number of thiazole rings is 1. The smallest absolute Gasteiger partial charge is 0.338 e. The topological polar surface area (TPSA) is 88.4 Å². The van der Waals surface area contributed by atoms with Gasteiger partial charge in [0.2, 0.25) is 0 Å². The number of halogens is 1. The van der Waals surface area contributed by atoms with Crippen LogP contribution in [0.2, 0.25) is 0 Å². The second kappa shape index (κ2) is 12.2. The lowest BCUT2D eigenvalue weighted by Crippen LogP contribution is -2.40. The Morgan fingerprint density at radius 2 is 1.85 bits per heavy atom. The third-order valence-electron chi connectivity index (χ3n) is 5.93. The molecule has 206 valence electrons. The normalized spacial score (nSPS) is 15.2. The molecular weight excluding hydrogens is 584 g/mol. The van der Waals surface area contributed by atoms with Crippen LogP contribution in [0.3, 0.4) is 0 Å². The number of aromatic nitrogens is 1. The van der Waals surface area contributed by atoms with Crippen molar-refractivity contribution in [2.24, 2.45) is 4.99 Å². The molecule has 1 aliphatic rings. The van der Waals surface area contributed by atoms with Crippen molar-refractivity contribution in [2.45, 2.75) is 46.8 Å². The van der Waals surface area contributed by atoms with E-state index in [0.29, 0.717) is 55.5 Å². The molecule has 1 aromatic heterocycles. The van der Waals surface area contributed by atoms with Crippen LogP contribution in [0.25, 0.3) is 6.08 Å². The van der Waals surface area contributed by atoms with E-state index in [0.717, 1.165) is 11.1 Å². The Kier molecular flexibility index (Phi) is 8.97. The van der Waals surface area contributed by atoms with Gasteiger partial charge < -0.3 is 18.9 Å². The number of benzene rings is 2. The Bertz CT molecular complexity index is 1590. The lowest BCUT2D eigenvalue weighted by Gasteiger charge is -2.25. The van der Waals surface area contributed by atoms with Gasteiger partial charge in [-0.2, -0.15) is 0 Å². The maximum absolute atomic E-state index is 13.9. The molecule has 0 radical (unpaired) electrons. The Morgan fingerprint density at radius 1 is 1.15 bits per heavy atom. The minimum atomic E-state index is -0.702. The molecule has 0 bridgehead atoms. The van der Waals surface area contributed by atoms with Gasteiger partial charge in [0.05, 0.1) is 52.7 Å². The molecule has 0 amide bonds. The summed E-state index contributed by atoms with van der Waals surface area (Å²) < 4.78 is 25.1. The zero-order valence-electron chi connectivity index (χ0n) is 22.7. The minimum absolute atomic E-state index is 0.260. The summed E-state index contributed by atoms with van der Waals surface area (Å²) in [5.74, 6) is 1.35. The molecule has 8 nitrogen and oxygen atoms in total. The number of rotatable bonds is 9. The Balaban J connectivity index is 1.90. The molecule has 3 aromatic rings. The van der Waals surface area contributed by atoms with Gasteiger partial charge in [0, 0.05) is 0 Å². The number of nitrogens with zero attached hydrogens (tertiary/aromatic N) is 2. The maximum atomic E-state index is 13.9. The van der Waals surface area contributed by atoms with E-state index in [1.54, 1.807) is 38.5 Å². The molecule has 0 unspecified atom stereocenters. The number of hydrogen-bond acceptors (Lipinski definition) is 8. The highest BCUT2D eigenvalue weighted by Crippen LogP contribution is 2.37. The van der Waals surface area contributed by atoms with E-state index in [9.17, 15) is 9.59 Å². The SMILES string of the molecule is CCOc1ccc([C@@H]2C(C(=O)OC(C)C)=C(C)N=c3s/c(=C/c4cc(Br)c(OCC)c(OC)c4)c(=O)n32)cc1. The number of carbonyl (C=O) groups is 1. The molecule has 2 heterocycles. The van der Waals surface area contributed by atoms with Crippen molar-refractivity contribution in [2.75, 3.05) is 20.3 Å². The number of allylic oxidation sites excluding steroid dienone is 1. The maximum Gasteiger partial charge on any atom is 0.338 e. The highest BCUT2D eigenvalue weighted by atomic mass is 79.9. The first-order valence-electron chi connectivity index (χ1n) is 12.6. The summed E-state index contributed by atoms with van der Waals surface area (Å²) in [5, 5.41) is 0. The van der Waals surface area contributed by atoms with E-state index in [4.69, 9.17) is 18.9 Å². The molecule has 1 aliphatic heterocycles. The Morgan fingerprint density at radius 3 is 2.46 bits per heavy atom. The van der Waals surface area contributed by atoms with Crippen molar-refractivity contribution in [3.05, 3.63) is 83.0 Å². The molecule has 0 spiro atoms. The third-order valence-corrected chi connectivity index (χ3v) is 7.50. The van der Waals surface area contributed by atoms with E-state index < -0.39 is 12.0 Å². The van der Waals surface area contributed by atoms with Crippen molar-refractivity contribution in [1.29, 1.82) is 0 Å². The van der Waals surface area contributed by atoms with Gasteiger partial charge >= 0.3 is 5.97 Å². The zero-order valence-corrected chi connectivity index (χ0v) is 25.1. The summed E-state index contributed by atoms with van der Waals surface area (Å²) in [6.07, 6.45) is 1.46. The number of carbonyl (C=O) groups excluding carboxylic acids is 1. The van der Waals surface area contributed by atoms with Crippen LogP contribution in [0.1, 0.15) is 51.8 Å². The van der Waals surface area contributed by atoms with Crippen LogP contribution < -0.4 is 29.1 Å². The van der Waals surface area contributed by atoms with Crippen LogP contribution in [0.15, 0.2) is 61.9 Å². The monoisotopic (exact) mass is 614 g/mol. The van der Waals surface area contributed by atoms with Crippen LogP contribution in [-0.2, 0) is 9.53 Å². The van der Waals surface area contributed by atoms with Gasteiger partial charge in [-0.15, -0.1) is 0 Å². The van der Waals surface area contributed by atoms with Crippen LogP contribution in [-0.4, -0.2) is 37.0 Å². The van der Waals surface area contributed by atoms with E-state index in [-0.39, 0.29) is 11.7 Å². The van der Waals surface area contributed by atoms with E-state index in [1.807, 2.05) is 50.2 Å². The average molecular weight is 616 g/mol. The Hall–Kier alpha value is -3.37. The molecule has 1 atom stereocenters. The standard InChI is InChI=1S/C29H31BrN2O6S/c1-7-36-20-11-9-19(10-12-20)25-24(28(34)38-16(3)4)17(5)31-29-32(25)27(33)23(39-29)15-18-13-21(30)26(37-8-2)22(14-18)35-6/h9-16,25H,7-8H2,1-6H3/b23-15+/t25-/m1/s1. The van der Waals surface area contributed by atoms with E-state index in [1.165, 1.54) is 11.3 Å². The fourth-order valence-electron chi connectivity index (χ4n) is 4.35. The predicted octanol–water partition coefficient (Wildman–Crippen LogP) is 4.76. The van der Waals surface area contributed by atoms with Crippen molar-refractivity contribution in [3.8, 4) is 17.2 Å². The van der Waals surface area contributed by atoms with Crippen molar-refractivity contribution in [1.82, 2.24) is 4.57 Å². The number of fused-ring (bicyclic) bond motifs is 1. The van der Waals surface area contributed by atoms with Crippen molar-refractivity contribution >= 4 is 39.3 Å². The Labute approximate surface area is 239 Å². The molecule has 4 rings (SSSR count). The predicted molar refractivity (Wildman–Crippen MR) is 154 cm³/mol. The lowest BCUT2D eigenvalue weighted by molar-refractivity contribution is -0.143. The second-order valence-electron chi connectivity index (χ2n) is 9.01. The molecule has 0 N–H and O–H groups in total. The van der Waals surface area contributed by atoms with E-state index >= 15 is 0 Å². The molecule has 2 aromatic carbocycles. The summed E-state index contributed by atoms with van der Waals surface area (Å²) in [6.45, 7) is 10.2. The molecule has 0 fully saturated rings. The van der Waals surface area contributed by atoms with Crippen LogP contribution in [0.5, 0.6) is 17.2 Å². The van der Waals surface area contributed by atoms with Crippen LogP contribution in [0.4, 0.5) is 0 Å². The molecule has 39 heavy (non-hydrogen) atoms. The van der Waals surface area contributed by atoms with Crippen molar-refractivity contribution in [3.63, 3.8) is 0 Å². The lowest BCUT2D eigenvalue weighted by atomic mass is 9.96. The molecular formula is C29H31BrN2O6S. The first-order chi connectivity index (χ1) is 18.7. The third kappa shape index (κ3) is 5.96. The van der Waals surface area contributed by atoms with Gasteiger partial charge in [-0.1, -0.05) is 23.5 Å². The largest absolute Gasteiger partial charge is 0.494 e. The fourth-order valence-corrected chi connectivity index (χ4v) is 5.97. The van der Waals surface area contributed by atoms with Gasteiger partial charge in [0.1, 0.15) is 5.75 Å². The first-order valence-corrected chi connectivity index (χ1v) is 14.3. The highest BCUT2D eigenvalue weighted by molar-refractivity contribution is 9.10.